The van der Waals surface area contributed by atoms with Gasteiger partial charge in [0, 0.05) is 0 Å². The summed E-state index contributed by atoms with van der Waals surface area (Å²) >= 11 is 1.36. The monoisotopic (exact) mass is 508 g/mol. The molecule has 0 aliphatic carbocycles. The molecule has 0 atom stereocenters. The Hall–Kier alpha value is -4.16. The molecule has 0 spiro atoms. The van der Waals surface area contributed by atoms with Crippen LogP contribution in [0.1, 0.15) is 22.3 Å². The Morgan fingerprint density at radius 1 is 0.892 bits per heavy atom. The fourth-order valence-electron chi connectivity index (χ4n) is 4.15. The maximum absolute atomic E-state index is 13.5. The van der Waals surface area contributed by atoms with Gasteiger partial charge in [-0.25, -0.2) is 9.38 Å². The fraction of sp³-hybridized carbons (Fsp3) is 0.0968. The molecule has 1 aliphatic heterocycles. The number of benzene rings is 4. The Labute approximate surface area is 220 Å². The van der Waals surface area contributed by atoms with Gasteiger partial charge in [0.25, 0.3) is 5.91 Å². The van der Waals surface area contributed by atoms with E-state index in [4.69, 9.17) is 9.73 Å². The number of aliphatic imine (C=N–C) groups is 1. The van der Waals surface area contributed by atoms with Crippen LogP contribution in [-0.2, 0) is 11.4 Å². The number of hydrogen-bond donors (Lipinski definition) is 0. The van der Waals surface area contributed by atoms with E-state index < -0.39 is 0 Å². The van der Waals surface area contributed by atoms with Crippen LogP contribution in [0.3, 0.4) is 0 Å². The van der Waals surface area contributed by atoms with Gasteiger partial charge in [-0.15, -0.1) is 0 Å². The van der Waals surface area contributed by atoms with Crippen molar-refractivity contribution in [3.63, 3.8) is 0 Å². The lowest BCUT2D eigenvalue weighted by molar-refractivity contribution is -0.113. The highest BCUT2D eigenvalue weighted by Gasteiger charge is 2.34. The van der Waals surface area contributed by atoms with E-state index in [-0.39, 0.29) is 11.7 Å². The third-order valence-corrected chi connectivity index (χ3v) is 6.85. The van der Waals surface area contributed by atoms with Crippen LogP contribution < -0.4 is 9.64 Å². The molecule has 0 unspecified atom stereocenters. The number of rotatable bonds is 6. The lowest BCUT2D eigenvalue weighted by atomic mass is 10.0. The quantitative estimate of drug-likeness (QED) is 0.249. The zero-order valence-corrected chi connectivity index (χ0v) is 21.3. The lowest BCUT2D eigenvalue weighted by Gasteiger charge is -2.15. The second-order valence-corrected chi connectivity index (χ2v) is 9.72. The molecule has 4 aromatic rings. The SMILES string of the molecule is Cc1cc(/C=C2\SC(=Nc3ccccc3)N(c3ccccc3)C2=O)cc(C)c1OCc1ccc(F)cc1. The summed E-state index contributed by atoms with van der Waals surface area (Å²) in [6.45, 7) is 4.32. The van der Waals surface area contributed by atoms with Crippen LogP contribution in [0, 0.1) is 19.7 Å². The zero-order chi connectivity index (χ0) is 25.8. The van der Waals surface area contributed by atoms with Crippen LogP contribution in [0.2, 0.25) is 0 Å². The van der Waals surface area contributed by atoms with Crippen LogP contribution in [-0.4, -0.2) is 11.1 Å². The highest BCUT2D eigenvalue weighted by Crippen LogP contribution is 2.38. The van der Waals surface area contributed by atoms with E-state index in [0.717, 1.165) is 39.4 Å². The molecule has 1 heterocycles. The van der Waals surface area contributed by atoms with Crippen molar-refractivity contribution >= 4 is 40.3 Å². The van der Waals surface area contributed by atoms with E-state index in [1.54, 1.807) is 17.0 Å². The summed E-state index contributed by atoms with van der Waals surface area (Å²) in [5.74, 6) is 0.405. The molecule has 0 radical (unpaired) electrons. The van der Waals surface area contributed by atoms with E-state index >= 15 is 0 Å². The molecule has 1 fully saturated rings. The predicted octanol–water partition coefficient (Wildman–Crippen LogP) is 7.83. The molecule has 4 aromatic carbocycles. The Balaban J connectivity index is 1.43. The summed E-state index contributed by atoms with van der Waals surface area (Å²) in [6, 6.07) is 29.5. The molecule has 184 valence electrons. The number of carbonyl (C=O) groups is 1. The van der Waals surface area contributed by atoms with Gasteiger partial charge < -0.3 is 4.74 Å². The zero-order valence-electron chi connectivity index (χ0n) is 20.5. The number of halogens is 1. The van der Waals surface area contributed by atoms with Gasteiger partial charge >= 0.3 is 0 Å². The summed E-state index contributed by atoms with van der Waals surface area (Å²) in [6.07, 6.45) is 1.90. The highest BCUT2D eigenvalue weighted by atomic mass is 32.2. The van der Waals surface area contributed by atoms with E-state index in [9.17, 15) is 9.18 Å². The second kappa shape index (κ2) is 10.8. The van der Waals surface area contributed by atoms with Crippen LogP contribution >= 0.6 is 11.8 Å². The number of amidine groups is 1. The van der Waals surface area contributed by atoms with Crippen molar-refractivity contribution in [3.05, 3.63) is 130 Å². The normalized spacial score (nSPS) is 15.5. The molecule has 0 N–H and O–H groups in total. The molecule has 5 rings (SSSR count). The van der Waals surface area contributed by atoms with Crippen molar-refractivity contribution in [1.82, 2.24) is 0 Å². The number of carbonyl (C=O) groups excluding carboxylic acids is 1. The summed E-state index contributed by atoms with van der Waals surface area (Å²) in [4.78, 5) is 20.6. The molecule has 1 saturated heterocycles. The second-order valence-electron chi connectivity index (χ2n) is 8.72. The maximum atomic E-state index is 13.5. The average molecular weight is 509 g/mol. The van der Waals surface area contributed by atoms with Gasteiger partial charge in [0.1, 0.15) is 18.2 Å². The Morgan fingerprint density at radius 3 is 2.16 bits per heavy atom. The minimum atomic E-state index is -0.268. The van der Waals surface area contributed by atoms with E-state index in [0.29, 0.717) is 16.7 Å². The van der Waals surface area contributed by atoms with Gasteiger partial charge in [-0.2, -0.15) is 0 Å². The van der Waals surface area contributed by atoms with Crippen LogP contribution in [0.4, 0.5) is 15.8 Å². The largest absolute Gasteiger partial charge is 0.488 e. The minimum absolute atomic E-state index is 0.113. The van der Waals surface area contributed by atoms with Crippen LogP contribution in [0.5, 0.6) is 5.75 Å². The number of amides is 1. The predicted molar refractivity (Wildman–Crippen MR) is 150 cm³/mol. The third-order valence-electron chi connectivity index (χ3n) is 5.88. The van der Waals surface area contributed by atoms with Gasteiger partial charge in [-0.05, 0) is 102 Å². The van der Waals surface area contributed by atoms with Crippen LogP contribution in [0.15, 0.2) is 107 Å². The Bertz CT molecular complexity index is 1460. The Morgan fingerprint density at radius 2 is 1.51 bits per heavy atom. The molecule has 1 amide bonds. The van der Waals surface area contributed by atoms with E-state index in [1.807, 2.05) is 92.7 Å². The van der Waals surface area contributed by atoms with Gasteiger partial charge in [0.15, 0.2) is 5.17 Å². The van der Waals surface area contributed by atoms with Crippen LogP contribution in [0.25, 0.3) is 6.08 Å². The van der Waals surface area contributed by atoms with Crippen molar-refractivity contribution in [2.24, 2.45) is 4.99 Å². The Kier molecular flexibility index (Phi) is 7.19. The number of aryl methyl sites for hydroxylation is 2. The number of thioether (sulfide) groups is 1. The lowest BCUT2D eigenvalue weighted by Crippen LogP contribution is -2.28. The average Bonchev–Trinajstić information content (AvgIpc) is 3.19. The third kappa shape index (κ3) is 5.65. The number of para-hydroxylation sites is 2. The van der Waals surface area contributed by atoms with E-state index in [2.05, 4.69) is 0 Å². The van der Waals surface area contributed by atoms with Crippen molar-refractivity contribution in [3.8, 4) is 5.75 Å². The fourth-order valence-corrected chi connectivity index (χ4v) is 5.15. The first kappa shape index (κ1) is 24.5. The van der Waals surface area contributed by atoms with Crippen molar-refractivity contribution in [2.75, 3.05) is 4.90 Å². The number of anilines is 1. The molecule has 0 saturated carbocycles. The van der Waals surface area contributed by atoms with Gasteiger partial charge in [0.2, 0.25) is 0 Å². The summed E-state index contributed by atoms with van der Waals surface area (Å²) in [5.41, 5.74) is 5.29. The van der Waals surface area contributed by atoms with Crippen molar-refractivity contribution in [1.29, 1.82) is 0 Å². The molecular weight excluding hydrogens is 483 g/mol. The minimum Gasteiger partial charge on any atom is -0.488 e. The van der Waals surface area contributed by atoms with Gasteiger partial charge in [-0.3, -0.25) is 9.69 Å². The first-order valence-electron chi connectivity index (χ1n) is 11.9. The van der Waals surface area contributed by atoms with Gasteiger partial charge in [0.05, 0.1) is 16.3 Å². The first-order chi connectivity index (χ1) is 18.0. The number of hydrogen-bond acceptors (Lipinski definition) is 4. The number of nitrogens with zero attached hydrogens (tertiary/aromatic N) is 2. The molecule has 0 bridgehead atoms. The van der Waals surface area contributed by atoms with Gasteiger partial charge in [-0.1, -0.05) is 48.5 Å². The topological polar surface area (TPSA) is 41.9 Å². The highest BCUT2D eigenvalue weighted by molar-refractivity contribution is 8.19. The maximum Gasteiger partial charge on any atom is 0.271 e. The summed E-state index contributed by atoms with van der Waals surface area (Å²) in [7, 11) is 0. The smallest absolute Gasteiger partial charge is 0.271 e. The van der Waals surface area contributed by atoms with Crippen molar-refractivity contribution < 1.29 is 13.9 Å². The molecule has 0 aromatic heterocycles. The first-order valence-corrected chi connectivity index (χ1v) is 12.7. The number of ether oxygens (including phenoxy) is 1. The van der Waals surface area contributed by atoms with Crippen molar-refractivity contribution in [2.45, 2.75) is 20.5 Å². The summed E-state index contributed by atoms with van der Waals surface area (Å²) in [5, 5.41) is 0.612. The molecule has 1 aliphatic rings. The molecule has 4 nitrogen and oxygen atoms in total. The molecular formula is C31H25FN2O2S. The molecule has 6 heteroatoms. The summed E-state index contributed by atoms with van der Waals surface area (Å²) < 4.78 is 19.2. The molecule has 37 heavy (non-hydrogen) atoms. The van der Waals surface area contributed by atoms with E-state index in [1.165, 1.54) is 23.9 Å². The standard InChI is InChI=1S/C31H25FN2O2S/c1-21-17-24(18-22(2)29(21)36-20-23-13-15-25(32)16-14-23)19-28-30(35)34(27-11-7-4-8-12-27)31(37-28)33-26-9-5-3-6-10-26/h3-19H,20H2,1-2H3/b28-19-,33-31?.